The van der Waals surface area contributed by atoms with E-state index in [2.05, 4.69) is 13.5 Å². The summed E-state index contributed by atoms with van der Waals surface area (Å²) in [5.41, 5.74) is 0. The van der Waals surface area contributed by atoms with Crippen molar-refractivity contribution >= 4 is 5.97 Å². The van der Waals surface area contributed by atoms with Gasteiger partial charge in [-0.05, 0) is 93.8 Å². The lowest BCUT2D eigenvalue weighted by molar-refractivity contribution is -0.145. The Hall–Kier alpha value is -0.790. The van der Waals surface area contributed by atoms with Crippen LogP contribution < -0.4 is 0 Å². The molecule has 0 N–H and O–H groups in total. The molecule has 0 saturated heterocycles. The van der Waals surface area contributed by atoms with Gasteiger partial charge in [0.25, 0.3) is 0 Å². The molecule has 0 atom stereocenters. The van der Waals surface area contributed by atoms with Crippen molar-refractivity contribution in [2.45, 2.75) is 103 Å². The normalized spacial score (nSPS) is 38.5. The van der Waals surface area contributed by atoms with Crippen LogP contribution >= 0.6 is 0 Å². The Morgan fingerprint density at radius 2 is 1.23 bits per heavy atom. The number of hydrogen-bond acceptors (Lipinski definition) is 2. The zero-order valence-electron chi connectivity index (χ0n) is 17.0. The van der Waals surface area contributed by atoms with E-state index in [4.69, 9.17) is 4.74 Å². The molecule has 3 fully saturated rings. The summed E-state index contributed by atoms with van der Waals surface area (Å²) in [5, 5.41) is 0. The zero-order valence-corrected chi connectivity index (χ0v) is 17.0. The standard InChI is InChI=1S/C24H40O2/c1-3-5-18-6-8-19(9-7-18)20-10-12-21(13-11-20)22-14-16-23(17-15-22)26-24(25)4-2/h4,18-23H,2-3,5-17H2,1H3. The van der Waals surface area contributed by atoms with E-state index in [1.807, 2.05) is 0 Å². The molecule has 26 heavy (non-hydrogen) atoms. The number of hydrogen-bond donors (Lipinski definition) is 0. The zero-order chi connectivity index (χ0) is 18.4. The molecule has 0 bridgehead atoms. The van der Waals surface area contributed by atoms with Crippen LogP contribution in [0.2, 0.25) is 0 Å². The molecular formula is C24H40O2. The smallest absolute Gasteiger partial charge is 0.330 e. The molecule has 0 aromatic rings. The second-order valence-electron chi connectivity index (χ2n) is 9.42. The second-order valence-corrected chi connectivity index (χ2v) is 9.42. The minimum absolute atomic E-state index is 0.145. The Kier molecular flexibility index (Phi) is 7.64. The highest BCUT2D eigenvalue weighted by Crippen LogP contribution is 2.45. The average Bonchev–Trinajstić information content (AvgIpc) is 2.69. The summed E-state index contributed by atoms with van der Waals surface area (Å²) in [5.74, 6) is 4.69. The summed E-state index contributed by atoms with van der Waals surface area (Å²) in [4.78, 5) is 11.4. The first-order valence-electron chi connectivity index (χ1n) is 11.5. The lowest BCUT2D eigenvalue weighted by Gasteiger charge is -2.41. The summed E-state index contributed by atoms with van der Waals surface area (Å²) in [6, 6.07) is 0. The van der Waals surface area contributed by atoms with Gasteiger partial charge in [-0.1, -0.05) is 39.2 Å². The second kappa shape index (κ2) is 9.95. The van der Waals surface area contributed by atoms with Gasteiger partial charge in [-0.2, -0.15) is 0 Å². The van der Waals surface area contributed by atoms with Gasteiger partial charge in [0.2, 0.25) is 0 Å². The first-order chi connectivity index (χ1) is 12.7. The summed E-state index contributed by atoms with van der Waals surface area (Å²) in [6.45, 7) is 5.84. The van der Waals surface area contributed by atoms with Crippen molar-refractivity contribution in [3.8, 4) is 0 Å². The van der Waals surface area contributed by atoms with Crippen molar-refractivity contribution in [3.05, 3.63) is 12.7 Å². The predicted octanol–water partition coefficient (Wildman–Crippen LogP) is 6.69. The minimum Gasteiger partial charge on any atom is -0.459 e. The van der Waals surface area contributed by atoms with E-state index in [1.165, 1.54) is 83.1 Å². The van der Waals surface area contributed by atoms with Gasteiger partial charge in [-0.3, -0.25) is 0 Å². The number of rotatable bonds is 6. The molecule has 0 spiro atoms. The van der Waals surface area contributed by atoms with Gasteiger partial charge < -0.3 is 4.74 Å². The van der Waals surface area contributed by atoms with Crippen LogP contribution in [0.5, 0.6) is 0 Å². The van der Waals surface area contributed by atoms with E-state index in [0.717, 1.165) is 42.4 Å². The van der Waals surface area contributed by atoms with E-state index in [1.54, 1.807) is 0 Å². The van der Waals surface area contributed by atoms with E-state index in [-0.39, 0.29) is 12.1 Å². The van der Waals surface area contributed by atoms with Crippen LogP contribution in [0.25, 0.3) is 0 Å². The van der Waals surface area contributed by atoms with Gasteiger partial charge in [-0.15, -0.1) is 0 Å². The highest BCUT2D eigenvalue weighted by atomic mass is 16.5. The number of carbonyl (C=O) groups excluding carboxylic acids is 1. The third-order valence-electron chi connectivity index (χ3n) is 7.91. The quantitative estimate of drug-likeness (QED) is 0.390. The van der Waals surface area contributed by atoms with Crippen LogP contribution in [0.1, 0.15) is 96.8 Å². The van der Waals surface area contributed by atoms with E-state index < -0.39 is 0 Å². The van der Waals surface area contributed by atoms with Gasteiger partial charge in [-0.25, -0.2) is 4.79 Å². The molecule has 0 aliphatic heterocycles. The molecule has 3 rings (SSSR count). The van der Waals surface area contributed by atoms with Crippen LogP contribution in [0.15, 0.2) is 12.7 Å². The molecule has 0 heterocycles. The first kappa shape index (κ1) is 20.0. The van der Waals surface area contributed by atoms with Gasteiger partial charge in [0, 0.05) is 6.08 Å². The molecule has 148 valence electrons. The molecule has 0 amide bonds. The predicted molar refractivity (Wildman–Crippen MR) is 108 cm³/mol. The molecule has 0 aromatic heterocycles. The van der Waals surface area contributed by atoms with Gasteiger partial charge in [0.15, 0.2) is 0 Å². The Morgan fingerprint density at radius 1 is 0.808 bits per heavy atom. The fourth-order valence-electron chi connectivity index (χ4n) is 6.33. The fraction of sp³-hybridized carbons (Fsp3) is 0.875. The van der Waals surface area contributed by atoms with Crippen LogP contribution in [0, 0.1) is 29.6 Å². The van der Waals surface area contributed by atoms with Gasteiger partial charge in [0.05, 0.1) is 0 Å². The molecule has 0 unspecified atom stereocenters. The Morgan fingerprint density at radius 3 is 1.65 bits per heavy atom. The summed E-state index contributed by atoms with van der Waals surface area (Å²) >= 11 is 0. The van der Waals surface area contributed by atoms with Crippen molar-refractivity contribution in [1.82, 2.24) is 0 Å². The van der Waals surface area contributed by atoms with Crippen LogP contribution in [-0.2, 0) is 9.53 Å². The van der Waals surface area contributed by atoms with E-state index in [9.17, 15) is 4.79 Å². The molecule has 3 aliphatic rings. The van der Waals surface area contributed by atoms with Crippen LogP contribution in [0.3, 0.4) is 0 Å². The van der Waals surface area contributed by atoms with Crippen molar-refractivity contribution in [3.63, 3.8) is 0 Å². The Bertz CT molecular complexity index is 433. The molecule has 3 aliphatic carbocycles. The highest BCUT2D eigenvalue weighted by Gasteiger charge is 2.35. The Balaban J connectivity index is 1.35. The molecular weight excluding hydrogens is 320 g/mol. The summed E-state index contributed by atoms with van der Waals surface area (Å²) < 4.78 is 5.44. The fourth-order valence-corrected chi connectivity index (χ4v) is 6.33. The number of carbonyl (C=O) groups is 1. The molecule has 0 radical (unpaired) electrons. The third-order valence-corrected chi connectivity index (χ3v) is 7.91. The monoisotopic (exact) mass is 360 g/mol. The first-order valence-corrected chi connectivity index (χ1v) is 11.5. The van der Waals surface area contributed by atoms with Crippen molar-refractivity contribution in [1.29, 1.82) is 0 Å². The van der Waals surface area contributed by atoms with E-state index >= 15 is 0 Å². The largest absolute Gasteiger partial charge is 0.459 e. The Labute approximate surface area is 161 Å². The molecule has 2 heteroatoms. The third kappa shape index (κ3) is 5.36. The van der Waals surface area contributed by atoms with Crippen molar-refractivity contribution in [2.75, 3.05) is 0 Å². The lowest BCUT2D eigenvalue weighted by Crippen LogP contribution is -2.31. The number of ether oxygens (including phenoxy) is 1. The maximum atomic E-state index is 11.4. The minimum atomic E-state index is -0.248. The SMILES string of the molecule is C=CC(=O)OC1CCC(C2CCC(C3CCC(CCC)CC3)CC2)CC1. The topological polar surface area (TPSA) is 26.3 Å². The van der Waals surface area contributed by atoms with Crippen molar-refractivity contribution in [2.24, 2.45) is 29.6 Å². The van der Waals surface area contributed by atoms with Crippen LogP contribution in [-0.4, -0.2) is 12.1 Å². The van der Waals surface area contributed by atoms with Crippen molar-refractivity contribution < 1.29 is 9.53 Å². The summed E-state index contributed by atoms with van der Waals surface area (Å²) in [7, 11) is 0. The molecule has 2 nitrogen and oxygen atoms in total. The van der Waals surface area contributed by atoms with Gasteiger partial charge in [0.1, 0.15) is 6.10 Å². The van der Waals surface area contributed by atoms with E-state index in [0.29, 0.717) is 0 Å². The summed E-state index contributed by atoms with van der Waals surface area (Å²) in [6.07, 6.45) is 20.8. The maximum Gasteiger partial charge on any atom is 0.330 e. The highest BCUT2D eigenvalue weighted by molar-refractivity contribution is 5.81. The molecule has 3 saturated carbocycles. The maximum absolute atomic E-state index is 11.4. The lowest BCUT2D eigenvalue weighted by atomic mass is 9.65. The number of esters is 1. The average molecular weight is 361 g/mol. The van der Waals surface area contributed by atoms with Crippen LogP contribution in [0.4, 0.5) is 0 Å². The molecule has 0 aromatic carbocycles. The van der Waals surface area contributed by atoms with Gasteiger partial charge >= 0.3 is 5.97 Å².